The summed E-state index contributed by atoms with van der Waals surface area (Å²) >= 11 is 0. The summed E-state index contributed by atoms with van der Waals surface area (Å²) in [6.45, 7) is -0.308. The number of carbonyl (C=O) groups excluding carboxylic acids is 2. The van der Waals surface area contributed by atoms with Gasteiger partial charge in [0.1, 0.15) is 22.4 Å². The molecule has 0 aliphatic carbocycles. The molecular formula is C14H15N5O4S. The molecule has 1 unspecified atom stereocenters. The highest BCUT2D eigenvalue weighted by Gasteiger charge is 2.24. The van der Waals surface area contributed by atoms with Crippen LogP contribution < -0.4 is 16.0 Å². The second-order valence-corrected chi connectivity index (χ2v) is 6.99. The minimum absolute atomic E-state index is 0.308. The number of nitrogens with zero attached hydrogens (tertiary/aromatic N) is 2. The molecule has 0 bridgehead atoms. The van der Waals surface area contributed by atoms with E-state index in [0.717, 1.165) is 6.26 Å². The Morgan fingerprint density at radius 3 is 2.33 bits per heavy atom. The molecule has 24 heavy (non-hydrogen) atoms. The zero-order valence-electron chi connectivity index (χ0n) is 12.7. The Kier molecular flexibility index (Phi) is 6.71. The smallest absolute Gasteiger partial charge is 0.319 e. The Morgan fingerprint density at radius 1 is 1.21 bits per heavy atom. The predicted molar refractivity (Wildman–Crippen MR) is 85.4 cm³/mol. The van der Waals surface area contributed by atoms with Crippen LogP contribution >= 0.6 is 0 Å². The molecule has 1 rings (SSSR count). The van der Waals surface area contributed by atoms with E-state index >= 15 is 0 Å². The van der Waals surface area contributed by atoms with E-state index in [1.54, 1.807) is 6.07 Å². The molecule has 10 heteroatoms. The monoisotopic (exact) mass is 349 g/mol. The number of nitrogens with one attached hydrogen (secondary N) is 3. The van der Waals surface area contributed by atoms with Crippen molar-refractivity contribution in [2.45, 2.75) is 6.04 Å². The van der Waals surface area contributed by atoms with Gasteiger partial charge in [0.25, 0.3) is 0 Å². The first kappa shape index (κ1) is 18.9. The van der Waals surface area contributed by atoms with Crippen LogP contribution in [0.25, 0.3) is 0 Å². The number of anilines is 1. The van der Waals surface area contributed by atoms with Gasteiger partial charge in [0.05, 0.1) is 23.5 Å². The molecule has 126 valence electrons. The summed E-state index contributed by atoms with van der Waals surface area (Å²) in [7, 11) is -3.54. The molecule has 0 aliphatic rings. The lowest BCUT2D eigenvalue weighted by Crippen LogP contribution is -2.51. The van der Waals surface area contributed by atoms with Crippen LogP contribution in [-0.2, 0) is 14.6 Å². The number of carbonyl (C=O) groups is 2. The first-order chi connectivity index (χ1) is 11.2. The molecule has 1 aromatic rings. The maximum atomic E-state index is 11.9. The topological polar surface area (TPSA) is 152 Å². The minimum atomic E-state index is -3.54. The number of benzene rings is 1. The van der Waals surface area contributed by atoms with Gasteiger partial charge in [0.15, 0.2) is 0 Å². The molecule has 0 saturated heterocycles. The maximum absolute atomic E-state index is 11.9. The molecule has 0 heterocycles. The lowest BCUT2D eigenvalue weighted by atomic mass is 10.2. The Bertz CT molecular complexity index is 790. The quantitative estimate of drug-likeness (QED) is 0.601. The number of amides is 3. The van der Waals surface area contributed by atoms with Crippen molar-refractivity contribution >= 4 is 27.5 Å². The second-order valence-electron chi connectivity index (χ2n) is 4.81. The first-order valence-corrected chi connectivity index (χ1v) is 8.71. The predicted octanol–water partition coefficient (Wildman–Crippen LogP) is -0.267. The van der Waals surface area contributed by atoms with E-state index in [9.17, 15) is 18.0 Å². The van der Waals surface area contributed by atoms with Gasteiger partial charge in [-0.1, -0.05) is 0 Å². The van der Waals surface area contributed by atoms with Crippen molar-refractivity contribution < 1.29 is 18.0 Å². The van der Waals surface area contributed by atoms with E-state index in [2.05, 4.69) is 16.0 Å². The van der Waals surface area contributed by atoms with Crippen LogP contribution in [0, 0.1) is 22.7 Å². The number of urea groups is 1. The summed E-state index contributed by atoms with van der Waals surface area (Å²) in [5.41, 5.74) is 0.772. The van der Waals surface area contributed by atoms with Crippen LogP contribution in [-0.4, -0.2) is 45.0 Å². The Morgan fingerprint density at radius 2 is 1.83 bits per heavy atom. The highest BCUT2D eigenvalue weighted by atomic mass is 32.2. The zero-order valence-corrected chi connectivity index (χ0v) is 13.6. The zero-order chi connectivity index (χ0) is 18.2. The molecule has 0 radical (unpaired) electrons. The maximum Gasteiger partial charge on any atom is 0.319 e. The summed E-state index contributed by atoms with van der Waals surface area (Å²) in [4.78, 5) is 23.8. The molecule has 0 aliphatic heterocycles. The molecule has 0 fully saturated rings. The highest BCUT2D eigenvalue weighted by molar-refractivity contribution is 7.90. The van der Waals surface area contributed by atoms with E-state index in [1.807, 2.05) is 6.07 Å². The largest absolute Gasteiger partial charge is 0.341 e. The van der Waals surface area contributed by atoms with E-state index in [-0.39, 0.29) is 6.54 Å². The molecule has 0 spiro atoms. The summed E-state index contributed by atoms with van der Waals surface area (Å²) in [5.74, 6) is -1.39. The molecule has 3 N–H and O–H groups in total. The van der Waals surface area contributed by atoms with Crippen LogP contribution in [0.4, 0.5) is 10.5 Å². The van der Waals surface area contributed by atoms with E-state index in [4.69, 9.17) is 10.5 Å². The minimum Gasteiger partial charge on any atom is -0.341 e. The fourth-order valence-corrected chi connectivity index (χ4v) is 2.53. The van der Waals surface area contributed by atoms with Crippen LogP contribution in [0.5, 0.6) is 0 Å². The Hall–Kier alpha value is -3.11. The third kappa shape index (κ3) is 6.77. The summed E-state index contributed by atoms with van der Waals surface area (Å²) < 4.78 is 22.8. The molecular weight excluding hydrogens is 334 g/mol. The SMILES string of the molecule is CS(=O)(=O)CC(NC(=O)Nc1ccc(C#N)cc1)C(=O)NCC#N. The summed E-state index contributed by atoms with van der Waals surface area (Å²) in [6.07, 6.45) is 0.928. The third-order valence-electron chi connectivity index (χ3n) is 2.70. The lowest BCUT2D eigenvalue weighted by molar-refractivity contribution is -0.122. The van der Waals surface area contributed by atoms with Gasteiger partial charge in [-0.3, -0.25) is 4.79 Å². The standard InChI is InChI=1S/C14H15N5O4S/c1-24(22,23)9-12(13(20)17-7-6-15)19-14(21)18-11-4-2-10(8-16)3-5-11/h2-5,12H,7,9H2,1H3,(H,17,20)(H2,18,19,21). The lowest BCUT2D eigenvalue weighted by Gasteiger charge is -2.17. The van der Waals surface area contributed by atoms with Crippen LogP contribution in [0.3, 0.4) is 0 Å². The van der Waals surface area contributed by atoms with Crippen molar-refractivity contribution in [2.24, 2.45) is 0 Å². The Labute approximate surface area is 139 Å². The highest BCUT2D eigenvalue weighted by Crippen LogP contribution is 2.08. The van der Waals surface area contributed by atoms with Gasteiger partial charge in [-0.25, -0.2) is 13.2 Å². The van der Waals surface area contributed by atoms with Crippen molar-refractivity contribution in [3.05, 3.63) is 29.8 Å². The van der Waals surface area contributed by atoms with Crippen LogP contribution in [0.2, 0.25) is 0 Å². The number of nitriles is 2. The third-order valence-corrected chi connectivity index (χ3v) is 3.64. The summed E-state index contributed by atoms with van der Waals surface area (Å²) in [6, 6.07) is 7.43. The van der Waals surface area contributed by atoms with E-state index in [0.29, 0.717) is 11.3 Å². The van der Waals surface area contributed by atoms with Crippen molar-refractivity contribution in [3.63, 3.8) is 0 Å². The summed E-state index contributed by atoms with van der Waals surface area (Å²) in [5, 5.41) is 24.0. The fraction of sp³-hybridized carbons (Fsp3) is 0.286. The molecule has 9 nitrogen and oxygen atoms in total. The van der Waals surface area contributed by atoms with Gasteiger partial charge < -0.3 is 16.0 Å². The molecule has 1 aromatic carbocycles. The van der Waals surface area contributed by atoms with Crippen molar-refractivity contribution in [2.75, 3.05) is 23.9 Å². The molecule has 1 atom stereocenters. The number of rotatable bonds is 6. The van der Waals surface area contributed by atoms with Gasteiger partial charge in [-0.05, 0) is 24.3 Å². The normalized spacial score (nSPS) is 11.5. The van der Waals surface area contributed by atoms with Crippen molar-refractivity contribution in [1.82, 2.24) is 10.6 Å². The number of hydrogen-bond donors (Lipinski definition) is 3. The average molecular weight is 349 g/mol. The average Bonchev–Trinajstić information content (AvgIpc) is 2.51. The fourth-order valence-electron chi connectivity index (χ4n) is 1.69. The van der Waals surface area contributed by atoms with Crippen molar-refractivity contribution in [3.8, 4) is 12.1 Å². The molecule has 0 saturated carbocycles. The second kappa shape index (κ2) is 8.50. The van der Waals surface area contributed by atoms with E-state index in [1.165, 1.54) is 24.3 Å². The van der Waals surface area contributed by atoms with E-state index < -0.39 is 33.6 Å². The first-order valence-electron chi connectivity index (χ1n) is 6.65. The Balaban J connectivity index is 2.76. The van der Waals surface area contributed by atoms with Gasteiger partial charge in [-0.15, -0.1) is 0 Å². The van der Waals surface area contributed by atoms with Crippen LogP contribution in [0.15, 0.2) is 24.3 Å². The molecule has 3 amide bonds. The van der Waals surface area contributed by atoms with Crippen LogP contribution in [0.1, 0.15) is 5.56 Å². The van der Waals surface area contributed by atoms with Gasteiger partial charge >= 0.3 is 6.03 Å². The number of hydrogen-bond acceptors (Lipinski definition) is 6. The number of sulfone groups is 1. The van der Waals surface area contributed by atoms with Gasteiger partial charge in [0, 0.05) is 11.9 Å². The van der Waals surface area contributed by atoms with Gasteiger partial charge in [0.2, 0.25) is 5.91 Å². The molecule has 0 aromatic heterocycles. The van der Waals surface area contributed by atoms with Gasteiger partial charge in [-0.2, -0.15) is 10.5 Å². The van der Waals surface area contributed by atoms with Crippen molar-refractivity contribution in [1.29, 1.82) is 10.5 Å².